The van der Waals surface area contributed by atoms with E-state index in [0.29, 0.717) is 6.54 Å². The van der Waals surface area contributed by atoms with Crippen molar-refractivity contribution in [2.75, 3.05) is 30.2 Å². The van der Waals surface area contributed by atoms with E-state index >= 15 is 0 Å². The quantitative estimate of drug-likeness (QED) is 0.584. The van der Waals surface area contributed by atoms with E-state index in [4.69, 9.17) is 0 Å². The fraction of sp³-hybridized carbons (Fsp3) is 0.435. The lowest BCUT2D eigenvalue weighted by atomic mass is 10.1. The molecule has 0 bridgehead atoms. The predicted molar refractivity (Wildman–Crippen MR) is 121 cm³/mol. The monoisotopic (exact) mass is 465 g/mol. The fourth-order valence-electron chi connectivity index (χ4n) is 3.76. The zero-order valence-electron chi connectivity index (χ0n) is 18.2. The van der Waals surface area contributed by atoms with E-state index in [1.165, 1.54) is 24.5 Å². The Balaban J connectivity index is 1.45. The Morgan fingerprint density at radius 3 is 2.31 bits per heavy atom. The van der Waals surface area contributed by atoms with Crippen molar-refractivity contribution in [3.8, 4) is 0 Å². The van der Waals surface area contributed by atoms with Crippen molar-refractivity contribution in [3.63, 3.8) is 0 Å². The maximum Gasteiger partial charge on any atom is 0.232 e. The van der Waals surface area contributed by atoms with Crippen molar-refractivity contribution < 1.29 is 22.0 Å². The lowest BCUT2D eigenvalue weighted by molar-refractivity contribution is -0.121. The van der Waals surface area contributed by atoms with Gasteiger partial charge in [-0.2, -0.15) is 0 Å². The zero-order chi connectivity index (χ0) is 23.1. The summed E-state index contributed by atoms with van der Waals surface area (Å²) >= 11 is 0. The van der Waals surface area contributed by atoms with Gasteiger partial charge in [0, 0.05) is 32.1 Å². The molecule has 0 aromatic heterocycles. The summed E-state index contributed by atoms with van der Waals surface area (Å²) in [6, 6.07) is 11.1. The number of sulfonamides is 1. The predicted octanol–water partition coefficient (Wildman–Crippen LogP) is 3.42. The second-order valence-electron chi connectivity index (χ2n) is 8.11. The summed E-state index contributed by atoms with van der Waals surface area (Å²) in [6.07, 6.45) is 3.86. The maximum atomic E-state index is 13.5. The average Bonchev–Trinajstić information content (AvgIpc) is 3.25. The molecule has 3 rings (SSSR count). The fourth-order valence-corrected chi connectivity index (χ4v) is 4.72. The third-order valence-corrected chi connectivity index (χ3v) is 6.67. The highest BCUT2D eigenvalue weighted by Crippen LogP contribution is 2.21. The first-order valence-corrected chi connectivity index (χ1v) is 12.6. The topological polar surface area (TPSA) is 69.7 Å². The van der Waals surface area contributed by atoms with Gasteiger partial charge < -0.3 is 5.32 Å². The van der Waals surface area contributed by atoms with Gasteiger partial charge in [-0.1, -0.05) is 24.3 Å². The Morgan fingerprint density at radius 2 is 1.69 bits per heavy atom. The molecule has 1 saturated heterocycles. The summed E-state index contributed by atoms with van der Waals surface area (Å²) in [4.78, 5) is 14.6. The molecule has 2 aromatic rings. The van der Waals surface area contributed by atoms with Crippen LogP contribution in [-0.2, 0) is 27.9 Å². The maximum absolute atomic E-state index is 13.5. The van der Waals surface area contributed by atoms with Gasteiger partial charge in [-0.15, -0.1) is 0 Å². The second-order valence-corrected chi connectivity index (χ2v) is 10.0. The number of anilines is 1. The minimum Gasteiger partial charge on any atom is -0.352 e. The summed E-state index contributed by atoms with van der Waals surface area (Å²) in [6.45, 7) is 3.61. The van der Waals surface area contributed by atoms with Crippen LogP contribution in [-0.4, -0.2) is 45.1 Å². The molecule has 174 valence electrons. The highest BCUT2D eigenvalue weighted by atomic mass is 32.2. The molecule has 1 N–H and O–H groups in total. The van der Waals surface area contributed by atoms with Crippen LogP contribution < -0.4 is 9.62 Å². The van der Waals surface area contributed by atoms with E-state index in [0.717, 1.165) is 47.9 Å². The minimum atomic E-state index is -3.70. The van der Waals surface area contributed by atoms with E-state index < -0.39 is 21.7 Å². The van der Waals surface area contributed by atoms with Gasteiger partial charge in [-0.05, 0) is 55.6 Å². The highest BCUT2D eigenvalue weighted by molar-refractivity contribution is 7.92. The molecule has 9 heteroatoms. The van der Waals surface area contributed by atoms with Gasteiger partial charge in [0.25, 0.3) is 0 Å². The molecule has 1 aliphatic rings. The molecule has 1 heterocycles. The van der Waals surface area contributed by atoms with Gasteiger partial charge in [-0.25, -0.2) is 17.2 Å². The van der Waals surface area contributed by atoms with E-state index in [1.807, 2.05) is 12.1 Å². The molecule has 32 heavy (non-hydrogen) atoms. The average molecular weight is 466 g/mol. The van der Waals surface area contributed by atoms with E-state index in [9.17, 15) is 22.0 Å². The van der Waals surface area contributed by atoms with Crippen molar-refractivity contribution in [2.24, 2.45) is 0 Å². The molecule has 1 aliphatic heterocycles. The minimum absolute atomic E-state index is 0.0114. The van der Waals surface area contributed by atoms with Crippen LogP contribution in [0.1, 0.15) is 36.8 Å². The summed E-state index contributed by atoms with van der Waals surface area (Å²) in [7, 11) is -3.70. The molecular weight excluding hydrogens is 436 g/mol. The number of nitrogens with zero attached hydrogens (tertiary/aromatic N) is 2. The third-order valence-electron chi connectivity index (χ3n) is 5.47. The molecule has 0 saturated carbocycles. The zero-order valence-corrected chi connectivity index (χ0v) is 19.0. The smallest absolute Gasteiger partial charge is 0.232 e. The molecule has 2 aromatic carbocycles. The standard InChI is InChI=1S/C23H29F2N3O3S/c1-32(30,31)28(20-10-11-21(24)22(25)15-20)14-4-5-23(29)26-16-18-6-8-19(9-7-18)17-27-12-2-3-13-27/h6-11,15H,2-5,12-14,16-17H2,1H3,(H,26,29). The van der Waals surface area contributed by atoms with Crippen molar-refractivity contribution in [1.82, 2.24) is 10.2 Å². The Kier molecular flexibility index (Phi) is 8.20. The van der Waals surface area contributed by atoms with Crippen LogP contribution in [0.2, 0.25) is 0 Å². The van der Waals surface area contributed by atoms with Crippen LogP contribution in [0.3, 0.4) is 0 Å². The van der Waals surface area contributed by atoms with Crippen molar-refractivity contribution in [2.45, 2.75) is 38.8 Å². The van der Waals surface area contributed by atoms with Crippen LogP contribution in [0.15, 0.2) is 42.5 Å². The number of carbonyl (C=O) groups excluding carboxylic acids is 1. The number of likely N-dealkylation sites (tertiary alicyclic amines) is 1. The first-order chi connectivity index (χ1) is 15.2. The van der Waals surface area contributed by atoms with Gasteiger partial charge in [0.05, 0.1) is 11.9 Å². The van der Waals surface area contributed by atoms with E-state index in [2.05, 4.69) is 22.3 Å². The van der Waals surface area contributed by atoms with E-state index in [1.54, 1.807) is 0 Å². The number of rotatable bonds is 10. The van der Waals surface area contributed by atoms with Gasteiger partial charge in [0.2, 0.25) is 15.9 Å². The molecule has 1 amide bonds. The lowest BCUT2D eigenvalue weighted by Crippen LogP contribution is -2.32. The van der Waals surface area contributed by atoms with Gasteiger partial charge >= 0.3 is 0 Å². The number of benzene rings is 2. The van der Waals surface area contributed by atoms with Crippen molar-refractivity contribution in [3.05, 3.63) is 65.2 Å². The Bertz CT molecular complexity index is 1020. The molecule has 0 radical (unpaired) electrons. The van der Waals surface area contributed by atoms with Crippen LogP contribution >= 0.6 is 0 Å². The number of halogens is 2. The van der Waals surface area contributed by atoms with Crippen molar-refractivity contribution >= 4 is 21.6 Å². The number of hydrogen-bond acceptors (Lipinski definition) is 4. The number of amides is 1. The molecule has 0 unspecified atom stereocenters. The Morgan fingerprint density at radius 1 is 1.03 bits per heavy atom. The van der Waals surface area contributed by atoms with Gasteiger partial charge in [-0.3, -0.25) is 14.0 Å². The van der Waals surface area contributed by atoms with Crippen LogP contribution in [0.5, 0.6) is 0 Å². The number of hydrogen-bond donors (Lipinski definition) is 1. The third kappa shape index (κ3) is 7.00. The van der Waals surface area contributed by atoms with E-state index in [-0.39, 0.29) is 31.0 Å². The van der Waals surface area contributed by atoms with Gasteiger partial charge in [0.15, 0.2) is 11.6 Å². The van der Waals surface area contributed by atoms with Crippen molar-refractivity contribution in [1.29, 1.82) is 0 Å². The Hall–Kier alpha value is -2.52. The second kappa shape index (κ2) is 10.9. The Labute approximate surface area is 188 Å². The molecular formula is C23H29F2N3O3S. The number of carbonyl (C=O) groups is 1. The first kappa shape index (κ1) is 24.1. The van der Waals surface area contributed by atoms with Crippen LogP contribution in [0.4, 0.5) is 14.5 Å². The van der Waals surface area contributed by atoms with Gasteiger partial charge in [0.1, 0.15) is 0 Å². The van der Waals surface area contributed by atoms with Crippen LogP contribution in [0, 0.1) is 11.6 Å². The summed E-state index contributed by atoms with van der Waals surface area (Å²) in [5.74, 6) is -2.38. The summed E-state index contributed by atoms with van der Waals surface area (Å²) in [5, 5.41) is 2.83. The summed E-state index contributed by atoms with van der Waals surface area (Å²) in [5.41, 5.74) is 2.27. The highest BCUT2D eigenvalue weighted by Gasteiger charge is 2.19. The lowest BCUT2D eigenvalue weighted by Gasteiger charge is -2.22. The molecule has 0 atom stereocenters. The largest absolute Gasteiger partial charge is 0.352 e. The molecule has 0 aliphatic carbocycles. The van der Waals surface area contributed by atoms with Crippen LogP contribution in [0.25, 0.3) is 0 Å². The molecule has 0 spiro atoms. The molecule has 6 nitrogen and oxygen atoms in total. The SMILES string of the molecule is CS(=O)(=O)N(CCCC(=O)NCc1ccc(CN2CCCC2)cc1)c1ccc(F)c(F)c1. The molecule has 1 fully saturated rings. The summed E-state index contributed by atoms with van der Waals surface area (Å²) < 4.78 is 51.7. The normalized spacial score (nSPS) is 14.5. The first-order valence-electron chi connectivity index (χ1n) is 10.7. The number of nitrogens with one attached hydrogen (secondary N) is 1.